The zero-order valence-electron chi connectivity index (χ0n) is 7.49. The summed E-state index contributed by atoms with van der Waals surface area (Å²) >= 11 is 1.71. The van der Waals surface area contributed by atoms with Gasteiger partial charge in [0.2, 0.25) is 0 Å². The quantitative estimate of drug-likeness (QED) is 0.526. The Labute approximate surface area is 81.9 Å². The largest absolute Gasteiger partial charge is 0.316 e. The molecule has 0 spiro atoms. The third kappa shape index (κ3) is 3.36. The molecule has 5 heteroatoms. The van der Waals surface area contributed by atoms with Gasteiger partial charge < -0.3 is 5.32 Å². The Balaban J connectivity index is 1.48. The van der Waals surface area contributed by atoms with Gasteiger partial charge in [-0.2, -0.15) is 5.10 Å². The molecular weight excluding hydrogens is 184 g/mol. The van der Waals surface area contributed by atoms with Crippen molar-refractivity contribution < 1.29 is 0 Å². The number of nitrogens with one attached hydrogen (secondary N) is 2. The molecule has 72 valence electrons. The van der Waals surface area contributed by atoms with E-state index in [1.165, 1.54) is 19.4 Å². The van der Waals surface area contributed by atoms with Crippen molar-refractivity contribution in [2.75, 3.05) is 18.8 Å². The number of aromatic nitrogens is 3. The molecule has 1 aromatic heterocycles. The molecule has 1 aliphatic carbocycles. The summed E-state index contributed by atoms with van der Waals surface area (Å²) in [6, 6.07) is 0. The lowest BCUT2D eigenvalue weighted by molar-refractivity contribution is 0.665. The van der Waals surface area contributed by atoms with Gasteiger partial charge in [-0.3, -0.25) is 5.10 Å². The second-order valence-corrected chi connectivity index (χ2v) is 4.37. The lowest BCUT2D eigenvalue weighted by atomic mass is 10.4. The summed E-state index contributed by atoms with van der Waals surface area (Å²) in [6.07, 6.45) is 4.38. The monoisotopic (exact) mass is 198 g/mol. The van der Waals surface area contributed by atoms with E-state index in [4.69, 9.17) is 0 Å². The highest BCUT2D eigenvalue weighted by Gasteiger charge is 2.19. The van der Waals surface area contributed by atoms with Crippen molar-refractivity contribution in [3.8, 4) is 0 Å². The summed E-state index contributed by atoms with van der Waals surface area (Å²) in [5.41, 5.74) is 0. The molecule has 0 radical (unpaired) electrons. The second-order valence-electron chi connectivity index (χ2n) is 3.29. The van der Waals surface area contributed by atoms with Crippen LogP contribution in [0.2, 0.25) is 0 Å². The molecule has 0 bridgehead atoms. The molecule has 0 aromatic carbocycles. The van der Waals surface area contributed by atoms with E-state index in [9.17, 15) is 0 Å². The lowest BCUT2D eigenvalue weighted by Gasteiger charge is -2.00. The van der Waals surface area contributed by atoms with E-state index in [2.05, 4.69) is 20.5 Å². The molecule has 4 nitrogen and oxygen atoms in total. The third-order valence-corrected chi connectivity index (χ3v) is 2.92. The van der Waals surface area contributed by atoms with E-state index in [1.54, 1.807) is 18.1 Å². The van der Waals surface area contributed by atoms with Crippen LogP contribution in [-0.4, -0.2) is 34.0 Å². The minimum Gasteiger partial charge on any atom is -0.316 e. The maximum atomic E-state index is 4.03. The molecule has 0 atom stereocenters. The molecule has 0 amide bonds. The Morgan fingerprint density at radius 1 is 1.62 bits per heavy atom. The number of rotatable bonds is 6. The minimum absolute atomic E-state index is 0.910. The van der Waals surface area contributed by atoms with Crippen LogP contribution in [0, 0.1) is 5.92 Å². The van der Waals surface area contributed by atoms with Crippen molar-refractivity contribution in [2.45, 2.75) is 18.0 Å². The second kappa shape index (κ2) is 4.62. The zero-order valence-corrected chi connectivity index (χ0v) is 8.31. The summed E-state index contributed by atoms with van der Waals surface area (Å²) in [4.78, 5) is 4.03. The van der Waals surface area contributed by atoms with Crippen molar-refractivity contribution in [2.24, 2.45) is 5.92 Å². The van der Waals surface area contributed by atoms with Gasteiger partial charge in [-0.15, -0.1) is 0 Å². The van der Waals surface area contributed by atoms with Gasteiger partial charge in [0.1, 0.15) is 6.33 Å². The minimum atomic E-state index is 0.910. The molecule has 2 rings (SSSR count). The Hall–Kier alpha value is -0.550. The molecular formula is C8H14N4S. The molecule has 0 unspecified atom stereocenters. The molecule has 1 aromatic rings. The van der Waals surface area contributed by atoms with E-state index in [0.29, 0.717) is 0 Å². The van der Waals surface area contributed by atoms with Crippen LogP contribution in [0.5, 0.6) is 0 Å². The summed E-state index contributed by atoms with van der Waals surface area (Å²) in [5.74, 6) is 2.03. The average molecular weight is 198 g/mol. The van der Waals surface area contributed by atoms with E-state index in [1.807, 2.05) is 0 Å². The molecule has 1 aliphatic rings. The van der Waals surface area contributed by atoms with Crippen LogP contribution in [0.3, 0.4) is 0 Å². The Morgan fingerprint density at radius 2 is 2.54 bits per heavy atom. The van der Waals surface area contributed by atoms with Crippen molar-refractivity contribution >= 4 is 11.8 Å². The van der Waals surface area contributed by atoms with Crippen LogP contribution in [0.15, 0.2) is 11.5 Å². The fourth-order valence-electron chi connectivity index (χ4n) is 1.11. The predicted octanol–water partition coefficient (Wildman–Crippen LogP) is 0.896. The summed E-state index contributed by atoms with van der Waals surface area (Å²) in [7, 11) is 0. The van der Waals surface area contributed by atoms with Gasteiger partial charge in [0, 0.05) is 12.3 Å². The first-order chi connectivity index (χ1) is 6.45. The number of hydrogen-bond donors (Lipinski definition) is 2. The first-order valence-electron chi connectivity index (χ1n) is 4.64. The van der Waals surface area contributed by atoms with Gasteiger partial charge >= 0.3 is 0 Å². The van der Waals surface area contributed by atoms with Crippen molar-refractivity contribution in [1.29, 1.82) is 0 Å². The normalized spacial score (nSPS) is 16.3. The molecule has 13 heavy (non-hydrogen) atoms. The molecule has 0 saturated heterocycles. The molecule has 2 N–H and O–H groups in total. The average Bonchev–Trinajstić information content (AvgIpc) is 2.81. The van der Waals surface area contributed by atoms with Crippen LogP contribution < -0.4 is 5.32 Å². The van der Waals surface area contributed by atoms with Gasteiger partial charge in [0.05, 0.1) is 0 Å². The van der Waals surface area contributed by atoms with Crippen LogP contribution in [-0.2, 0) is 0 Å². The maximum Gasteiger partial charge on any atom is 0.183 e. The molecule has 1 heterocycles. The lowest BCUT2D eigenvalue weighted by Crippen LogP contribution is -2.19. The zero-order chi connectivity index (χ0) is 8.93. The van der Waals surface area contributed by atoms with Gasteiger partial charge in [-0.05, 0) is 25.3 Å². The molecule has 0 aliphatic heterocycles. The number of thioether (sulfide) groups is 1. The highest BCUT2D eigenvalue weighted by Crippen LogP contribution is 2.27. The first kappa shape index (κ1) is 9.02. The van der Waals surface area contributed by atoms with Gasteiger partial charge in [0.15, 0.2) is 5.16 Å². The van der Waals surface area contributed by atoms with Crippen LogP contribution >= 0.6 is 11.8 Å². The third-order valence-electron chi connectivity index (χ3n) is 2.04. The smallest absolute Gasteiger partial charge is 0.183 e. The summed E-state index contributed by atoms with van der Waals surface area (Å²) in [5, 5.41) is 10.9. The van der Waals surface area contributed by atoms with Gasteiger partial charge in [0.25, 0.3) is 0 Å². The predicted molar refractivity (Wildman–Crippen MR) is 52.7 cm³/mol. The van der Waals surface area contributed by atoms with Crippen LogP contribution in [0.1, 0.15) is 12.8 Å². The highest BCUT2D eigenvalue weighted by atomic mass is 32.2. The molecule has 1 saturated carbocycles. The standard InChI is InChI=1S/C8H14N4S/c1-2-7(1)5-9-3-4-13-8-10-6-11-12-8/h6-7,9H,1-5H2,(H,10,11,12). The number of hydrogen-bond acceptors (Lipinski definition) is 4. The number of aromatic amines is 1. The fourth-order valence-corrected chi connectivity index (χ4v) is 1.79. The number of H-pyrrole nitrogens is 1. The highest BCUT2D eigenvalue weighted by molar-refractivity contribution is 7.99. The van der Waals surface area contributed by atoms with Crippen LogP contribution in [0.25, 0.3) is 0 Å². The van der Waals surface area contributed by atoms with E-state index >= 15 is 0 Å². The van der Waals surface area contributed by atoms with Gasteiger partial charge in [-0.25, -0.2) is 4.98 Å². The summed E-state index contributed by atoms with van der Waals surface area (Å²) in [6.45, 7) is 2.25. The van der Waals surface area contributed by atoms with Crippen LogP contribution in [0.4, 0.5) is 0 Å². The number of nitrogens with zero attached hydrogens (tertiary/aromatic N) is 2. The first-order valence-corrected chi connectivity index (χ1v) is 5.62. The Bertz CT molecular complexity index is 232. The van der Waals surface area contributed by atoms with Crippen molar-refractivity contribution in [3.63, 3.8) is 0 Å². The maximum absolute atomic E-state index is 4.03. The SMILES string of the molecule is c1n[nH]c(SCCNCC2CC2)n1. The van der Waals surface area contributed by atoms with Crippen molar-refractivity contribution in [3.05, 3.63) is 6.33 Å². The topological polar surface area (TPSA) is 53.6 Å². The Morgan fingerprint density at radius 3 is 3.23 bits per heavy atom. The van der Waals surface area contributed by atoms with E-state index < -0.39 is 0 Å². The fraction of sp³-hybridized carbons (Fsp3) is 0.750. The van der Waals surface area contributed by atoms with Crippen molar-refractivity contribution in [1.82, 2.24) is 20.5 Å². The van der Waals surface area contributed by atoms with E-state index in [-0.39, 0.29) is 0 Å². The van der Waals surface area contributed by atoms with E-state index in [0.717, 1.165) is 23.4 Å². The Kier molecular flexibility index (Phi) is 3.21. The summed E-state index contributed by atoms with van der Waals surface area (Å²) < 4.78 is 0. The van der Waals surface area contributed by atoms with Gasteiger partial charge in [-0.1, -0.05) is 11.8 Å². The molecule has 1 fully saturated rings.